The van der Waals surface area contributed by atoms with E-state index in [2.05, 4.69) is 4.90 Å². The van der Waals surface area contributed by atoms with Crippen molar-refractivity contribution in [1.29, 1.82) is 0 Å². The van der Waals surface area contributed by atoms with Gasteiger partial charge in [-0.1, -0.05) is 18.6 Å². The maximum Gasteiger partial charge on any atom is 0.242 e. The summed E-state index contributed by atoms with van der Waals surface area (Å²) in [6, 6.07) is 6.91. The molecule has 1 fully saturated rings. The second kappa shape index (κ2) is 8.06. The minimum atomic E-state index is -3.35. The van der Waals surface area contributed by atoms with E-state index in [0.29, 0.717) is 11.5 Å². The Labute approximate surface area is 133 Å². The molecule has 0 N–H and O–H groups in total. The molecular weight excluding hydrogens is 300 g/mol. The van der Waals surface area contributed by atoms with Crippen LogP contribution in [0.3, 0.4) is 0 Å². The minimum Gasteiger partial charge on any atom is -0.375 e. The maximum atomic E-state index is 12.0. The highest BCUT2D eigenvalue weighted by atomic mass is 32.2. The van der Waals surface area contributed by atoms with Gasteiger partial charge in [-0.25, -0.2) is 12.7 Å². The van der Waals surface area contributed by atoms with Crippen LogP contribution in [0.2, 0.25) is 0 Å². The maximum absolute atomic E-state index is 12.0. The lowest BCUT2D eigenvalue weighted by molar-refractivity contribution is 0.0863. The Balaban J connectivity index is 1.77. The number of piperidine rings is 1. The first-order valence-electron chi connectivity index (χ1n) is 7.82. The van der Waals surface area contributed by atoms with Crippen molar-refractivity contribution in [3.8, 4) is 0 Å². The lowest BCUT2D eigenvalue weighted by atomic mass is 10.1. The van der Waals surface area contributed by atoms with E-state index in [-0.39, 0.29) is 0 Å². The van der Waals surface area contributed by atoms with Crippen molar-refractivity contribution in [2.24, 2.45) is 0 Å². The lowest BCUT2D eigenvalue weighted by Gasteiger charge is -2.26. The molecule has 1 saturated heterocycles. The summed E-state index contributed by atoms with van der Waals surface area (Å²) in [6.45, 7) is 4.59. The van der Waals surface area contributed by atoms with Crippen LogP contribution in [0.25, 0.3) is 0 Å². The third-order valence-corrected chi connectivity index (χ3v) is 5.80. The van der Waals surface area contributed by atoms with Gasteiger partial charge in [0, 0.05) is 20.6 Å². The largest absolute Gasteiger partial charge is 0.375 e. The van der Waals surface area contributed by atoms with E-state index in [4.69, 9.17) is 4.74 Å². The zero-order valence-electron chi connectivity index (χ0n) is 13.5. The van der Waals surface area contributed by atoms with E-state index in [1.165, 1.54) is 50.8 Å². The summed E-state index contributed by atoms with van der Waals surface area (Å²) in [7, 11) is -0.278. The molecule has 0 radical (unpaired) electrons. The summed E-state index contributed by atoms with van der Waals surface area (Å²) in [5.41, 5.74) is 0.997. The van der Waals surface area contributed by atoms with Crippen LogP contribution in [0.15, 0.2) is 29.2 Å². The van der Waals surface area contributed by atoms with E-state index in [0.717, 1.165) is 18.7 Å². The first-order valence-corrected chi connectivity index (χ1v) is 9.26. The van der Waals surface area contributed by atoms with E-state index in [1.54, 1.807) is 12.1 Å². The van der Waals surface area contributed by atoms with Crippen LogP contribution >= 0.6 is 0 Å². The lowest BCUT2D eigenvalue weighted by Crippen LogP contribution is -2.32. The van der Waals surface area contributed by atoms with Crippen molar-refractivity contribution in [3.05, 3.63) is 29.8 Å². The van der Waals surface area contributed by atoms with Gasteiger partial charge in [-0.15, -0.1) is 0 Å². The minimum absolute atomic E-state index is 0.314. The van der Waals surface area contributed by atoms with Gasteiger partial charge in [-0.2, -0.15) is 0 Å². The number of likely N-dealkylation sites (tertiary alicyclic amines) is 1. The molecule has 0 spiro atoms. The standard InChI is InChI=1S/C16H26N2O3S/c1-17(2)22(19,20)16-8-6-15(7-9-16)14-21-13-12-18-10-4-3-5-11-18/h6-9H,3-5,10-14H2,1-2H3. The average molecular weight is 326 g/mol. The molecule has 1 heterocycles. The summed E-state index contributed by atoms with van der Waals surface area (Å²) in [6.07, 6.45) is 3.93. The van der Waals surface area contributed by atoms with Crippen LogP contribution in [0.1, 0.15) is 24.8 Å². The summed E-state index contributed by atoms with van der Waals surface area (Å²) in [5.74, 6) is 0. The molecule has 2 rings (SSSR count). The molecule has 0 aliphatic carbocycles. The van der Waals surface area contributed by atoms with Crippen LogP contribution < -0.4 is 0 Å². The molecule has 124 valence electrons. The first-order chi connectivity index (χ1) is 10.5. The van der Waals surface area contributed by atoms with E-state index in [9.17, 15) is 8.42 Å². The van der Waals surface area contributed by atoms with Crippen LogP contribution in [0.5, 0.6) is 0 Å². The molecule has 0 unspecified atom stereocenters. The molecule has 1 aliphatic heterocycles. The SMILES string of the molecule is CN(C)S(=O)(=O)c1ccc(COCCN2CCCCC2)cc1. The smallest absolute Gasteiger partial charge is 0.242 e. The van der Waals surface area contributed by atoms with Crippen LogP contribution in [-0.4, -0.2) is 58.0 Å². The van der Waals surface area contributed by atoms with Gasteiger partial charge < -0.3 is 9.64 Å². The monoisotopic (exact) mass is 326 g/mol. The van der Waals surface area contributed by atoms with Crippen molar-refractivity contribution >= 4 is 10.0 Å². The van der Waals surface area contributed by atoms with Gasteiger partial charge in [-0.3, -0.25) is 0 Å². The Bertz CT molecular complexity index is 549. The highest BCUT2D eigenvalue weighted by Gasteiger charge is 2.16. The van der Waals surface area contributed by atoms with Crippen molar-refractivity contribution in [2.75, 3.05) is 40.3 Å². The Kier molecular flexibility index (Phi) is 6.37. The van der Waals surface area contributed by atoms with E-state index >= 15 is 0 Å². The number of sulfonamides is 1. The van der Waals surface area contributed by atoms with E-state index in [1.807, 2.05) is 12.1 Å². The van der Waals surface area contributed by atoms with Gasteiger partial charge in [0.2, 0.25) is 10.0 Å². The molecule has 0 saturated carbocycles. The highest BCUT2D eigenvalue weighted by molar-refractivity contribution is 7.89. The topological polar surface area (TPSA) is 49.9 Å². The van der Waals surface area contributed by atoms with Gasteiger partial charge >= 0.3 is 0 Å². The Hall–Kier alpha value is -0.950. The quantitative estimate of drug-likeness (QED) is 0.719. The molecular formula is C16H26N2O3S. The summed E-state index contributed by atoms with van der Waals surface area (Å²) in [4.78, 5) is 2.76. The van der Waals surface area contributed by atoms with Crippen molar-refractivity contribution < 1.29 is 13.2 Å². The highest BCUT2D eigenvalue weighted by Crippen LogP contribution is 2.14. The average Bonchev–Trinajstić information content (AvgIpc) is 2.53. The Morgan fingerprint density at radius 3 is 2.32 bits per heavy atom. The van der Waals surface area contributed by atoms with Crippen molar-refractivity contribution in [3.63, 3.8) is 0 Å². The molecule has 22 heavy (non-hydrogen) atoms. The molecule has 0 amide bonds. The summed E-state index contributed by atoms with van der Waals surface area (Å²) in [5, 5.41) is 0. The van der Waals surface area contributed by atoms with Crippen molar-refractivity contribution in [1.82, 2.24) is 9.21 Å². The number of rotatable bonds is 7. The zero-order valence-corrected chi connectivity index (χ0v) is 14.3. The molecule has 0 atom stereocenters. The third-order valence-electron chi connectivity index (χ3n) is 3.97. The van der Waals surface area contributed by atoms with Gasteiger partial charge in [0.1, 0.15) is 0 Å². The fourth-order valence-corrected chi connectivity index (χ4v) is 3.44. The second-order valence-corrected chi connectivity index (χ2v) is 8.04. The molecule has 5 nitrogen and oxygen atoms in total. The number of ether oxygens (including phenoxy) is 1. The number of benzene rings is 1. The van der Waals surface area contributed by atoms with Crippen LogP contribution in [0, 0.1) is 0 Å². The molecule has 0 bridgehead atoms. The zero-order chi connectivity index (χ0) is 16.0. The Morgan fingerprint density at radius 1 is 1.09 bits per heavy atom. The van der Waals surface area contributed by atoms with Crippen LogP contribution in [-0.2, 0) is 21.4 Å². The molecule has 0 aromatic heterocycles. The third kappa shape index (κ3) is 4.78. The van der Waals surface area contributed by atoms with E-state index < -0.39 is 10.0 Å². The fraction of sp³-hybridized carbons (Fsp3) is 0.625. The van der Waals surface area contributed by atoms with Gasteiger partial charge in [-0.05, 0) is 43.6 Å². The van der Waals surface area contributed by atoms with Gasteiger partial charge in [0.15, 0.2) is 0 Å². The number of nitrogens with zero attached hydrogens (tertiary/aromatic N) is 2. The number of hydrogen-bond donors (Lipinski definition) is 0. The number of hydrogen-bond acceptors (Lipinski definition) is 4. The molecule has 6 heteroatoms. The Morgan fingerprint density at radius 2 is 1.73 bits per heavy atom. The molecule has 1 aliphatic rings. The first kappa shape index (κ1) is 17.4. The summed E-state index contributed by atoms with van der Waals surface area (Å²) < 4.78 is 30.8. The van der Waals surface area contributed by atoms with Gasteiger partial charge in [0.05, 0.1) is 18.1 Å². The predicted molar refractivity (Wildman–Crippen MR) is 87.3 cm³/mol. The fourth-order valence-electron chi connectivity index (χ4n) is 2.54. The summed E-state index contributed by atoms with van der Waals surface area (Å²) >= 11 is 0. The molecule has 1 aromatic carbocycles. The van der Waals surface area contributed by atoms with Crippen molar-refractivity contribution in [2.45, 2.75) is 30.8 Å². The normalized spacial score (nSPS) is 17.0. The predicted octanol–water partition coefficient (Wildman–Crippen LogP) is 1.94. The van der Waals surface area contributed by atoms with Gasteiger partial charge in [0.25, 0.3) is 0 Å². The van der Waals surface area contributed by atoms with Crippen LogP contribution in [0.4, 0.5) is 0 Å². The molecule has 1 aromatic rings. The second-order valence-electron chi connectivity index (χ2n) is 5.89.